The van der Waals surface area contributed by atoms with Crippen LogP contribution in [0.3, 0.4) is 0 Å². The molecule has 0 saturated heterocycles. The summed E-state index contributed by atoms with van der Waals surface area (Å²) in [4.78, 5) is 13.8. The van der Waals surface area contributed by atoms with Gasteiger partial charge in [-0.2, -0.15) is 34.0 Å². The van der Waals surface area contributed by atoms with Crippen LogP contribution in [0.2, 0.25) is 0 Å². The largest absolute Gasteiger partial charge is 0.355 e. The standard InChI is InChI=1S/C33H43N3O7S3/c1-6-35-27-16-14-23(45(38,39)40)21-25(27)32(2,3)29(35)11-10-12-30-33(4,5)26-22-24(46(41,42)43)15-17-28(26)36(30)19-9-7-8-13-31(37)34-18-20-44/h10-12,14-17,21-22H,6-9,13,18-20H2,1-5H3,(H3-,34,37,38,39,40,41,42,43,44)/p+1. The highest BCUT2D eigenvalue weighted by Gasteiger charge is 2.45. The van der Waals surface area contributed by atoms with Crippen molar-refractivity contribution in [3.63, 3.8) is 0 Å². The molecule has 0 bridgehead atoms. The molecule has 10 nitrogen and oxygen atoms in total. The smallest absolute Gasteiger partial charge is 0.294 e. The number of amides is 1. The Balaban J connectivity index is 1.68. The van der Waals surface area contributed by atoms with Crippen molar-refractivity contribution in [2.75, 3.05) is 30.3 Å². The van der Waals surface area contributed by atoms with Crippen molar-refractivity contribution < 1.29 is 35.3 Å². The Morgan fingerprint density at radius 3 is 2.17 bits per heavy atom. The number of anilines is 1. The summed E-state index contributed by atoms with van der Waals surface area (Å²) in [6.07, 6.45) is 8.79. The monoisotopic (exact) mass is 690 g/mol. The molecule has 0 radical (unpaired) electrons. The van der Waals surface area contributed by atoms with Gasteiger partial charge in [-0.25, -0.2) is 0 Å². The number of fused-ring (bicyclic) bond motifs is 2. The third-order valence-corrected chi connectivity index (χ3v) is 10.8. The van der Waals surface area contributed by atoms with Gasteiger partial charge in [-0.15, -0.1) is 0 Å². The zero-order chi connectivity index (χ0) is 34.1. The van der Waals surface area contributed by atoms with Crippen LogP contribution >= 0.6 is 12.6 Å². The van der Waals surface area contributed by atoms with E-state index < -0.39 is 31.1 Å². The van der Waals surface area contributed by atoms with Crippen LogP contribution in [0.4, 0.5) is 11.4 Å². The molecule has 0 fully saturated rings. The minimum atomic E-state index is -4.39. The van der Waals surface area contributed by atoms with Crippen molar-refractivity contribution in [3.05, 3.63) is 71.5 Å². The Morgan fingerprint density at radius 2 is 1.57 bits per heavy atom. The van der Waals surface area contributed by atoms with Gasteiger partial charge in [0.15, 0.2) is 5.71 Å². The zero-order valence-electron chi connectivity index (χ0n) is 26.9. The van der Waals surface area contributed by atoms with Crippen molar-refractivity contribution >= 4 is 55.9 Å². The molecule has 0 saturated carbocycles. The van der Waals surface area contributed by atoms with Crippen LogP contribution in [0.25, 0.3) is 0 Å². The first kappa shape index (κ1) is 35.9. The molecule has 0 aliphatic carbocycles. The van der Waals surface area contributed by atoms with Crippen LogP contribution in [-0.4, -0.2) is 67.5 Å². The van der Waals surface area contributed by atoms with Gasteiger partial charge in [-0.05, 0) is 75.6 Å². The van der Waals surface area contributed by atoms with Crippen LogP contribution in [0.1, 0.15) is 71.4 Å². The summed E-state index contributed by atoms with van der Waals surface area (Å²) in [7, 11) is -8.75. The first-order valence-corrected chi connectivity index (χ1v) is 18.9. The lowest BCUT2D eigenvalue weighted by Gasteiger charge is -2.25. The molecule has 13 heteroatoms. The SMILES string of the molecule is CCN1C(=CC=CC2=[N+](CCCCCC(=O)NCCS)c3ccc(S(=O)(=O)O)cc3C2(C)C)C(C)(C)c2cc(S(=O)(=O)O)ccc21. The summed E-state index contributed by atoms with van der Waals surface area (Å²) < 4.78 is 69.3. The van der Waals surface area contributed by atoms with Crippen molar-refractivity contribution in [1.29, 1.82) is 0 Å². The number of hydrogen-bond donors (Lipinski definition) is 4. The van der Waals surface area contributed by atoms with E-state index in [4.69, 9.17) is 0 Å². The van der Waals surface area contributed by atoms with E-state index in [0.29, 0.717) is 31.8 Å². The van der Waals surface area contributed by atoms with E-state index in [1.165, 1.54) is 24.3 Å². The molecule has 250 valence electrons. The first-order valence-electron chi connectivity index (χ1n) is 15.4. The maximum Gasteiger partial charge on any atom is 0.294 e. The van der Waals surface area contributed by atoms with Crippen molar-refractivity contribution in [1.82, 2.24) is 5.32 Å². The second-order valence-corrected chi connectivity index (χ2v) is 15.9. The molecule has 2 aromatic rings. The van der Waals surface area contributed by atoms with Crippen LogP contribution in [-0.2, 0) is 35.9 Å². The number of nitrogens with one attached hydrogen (secondary N) is 1. The highest BCUT2D eigenvalue weighted by Crippen LogP contribution is 2.48. The molecule has 0 atom stereocenters. The van der Waals surface area contributed by atoms with Crippen LogP contribution in [0.5, 0.6) is 0 Å². The molecule has 2 aliphatic rings. The second-order valence-electron chi connectivity index (χ2n) is 12.6. The Hall–Kier alpha value is -2.97. The predicted octanol–water partition coefficient (Wildman–Crippen LogP) is 5.42. The molecule has 2 aliphatic heterocycles. The van der Waals surface area contributed by atoms with E-state index >= 15 is 0 Å². The number of carbonyl (C=O) groups is 1. The van der Waals surface area contributed by atoms with Crippen LogP contribution in [0, 0.1) is 0 Å². The van der Waals surface area contributed by atoms with Crippen molar-refractivity contribution in [3.8, 4) is 0 Å². The summed E-state index contributed by atoms with van der Waals surface area (Å²) in [5.41, 5.74) is 4.06. The maximum atomic E-state index is 12.0. The Bertz CT molecular complexity index is 1830. The zero-order valence-corrected chi connectivity index (χ0v) is 29.5. The first-order chi connectivity index (χ1) is 21.4. The van der Waals surface area contributed by atoms with E-state index in [0.717, 1.165) is 53.2 Å². The molecular formula is C33H44N3O7S3+. The number of likely N-dealkylation sites (N-methyl/N-ethyl adjacent to an activating group) is 1. The third-order valence-electron chi connectivity index (χ3n) is 8.87. The fourth-order valence-corrected chi connectivity index (χ4v) is 7.58. The number of hydrogen-bond acceptors (Lipinski definition) is 7. The molecule has 2 heterocycles. The Kier molecular flexibility index (Phi) is 10.6. The molecule has 0 aromatic heterocycles. The third kappa shape index (κ3) is 7.28. The second kappa shape index (κ2) is 13.6. The molecule has 2 aromatic carbocycles. The molecule has 0 unspecified atom stereocenters. The molecule has 46 heavy (non-hydrogen) atoms. The van der Waals surface area contributed by atoms with Gasteiger partial charge >= 0.3 is 0 Å². The number of allylic oxidation sites excluding steroid dienone is 4. The van der Waals surface area contributed by atoms with Gasteiger partial charge in [-0.1, -0.05) is 19.9 Å². The topological polar surface area (TPSA) is 144 Å². The molecule has 0 spiro atoms. The predicted molar refractivity (Wildman–Crippen MR) is 184 cm³/mol. The maximum absolute atomic E-state index is 12.0. The van der Waals surface area contributed by atoms with E-state index in [9.17, 15) is 30.7 Å². The van der Waals surface area contributed by atoms with Gasteiger partial charge in [-0.3, -0.25) is 13.9 Å². The van der Waals surface area contributed by atoms with E-state index in [-0.39, 0.29) is 15.7 Å². The number of nitrogens with zero attached hydrogens (tertiary/aromatic N) is 2. The fourth-order valence-electron chi connectivity index (χ4n) is 6.46. The molecule has 1 amide bonds. The lowest BCUT2D eigenvalue weighted by atomic mass is 9.81. The Labute approximate surface area is 278 Å². The van der Waals surface area contributed by atoms with Gasteiger partial charge in [0.2, 0.25) is 11.6 Å². The van der Waals surface area contributed by atoms with Gasteiger partial charge in [0.25, 0.3) is 20.2 Å². The van der Waals surface area contributed by atoms with Gasteiger partial charge in [0.1, 0.15) is 6.54 Å². The number of unbranched alkanes of at least 4 members (excludes halogenated alkanes) is 2. The highest BCUT2D eigenvalue weighted by molar-refractivity contribution is 7.86. The highest BCUT2D eigenvalue weighted by atomic mass is 32.2. The minimum Gasteiger partial charge on any atom is -0.355 e. The summed E-state index contributed by atoms with van der Waals surface area (Å²) >= 11 is 4.12. The van der Waals surface area contributed by atoms with Gasteiger partial charge in [0, 0.05) is 66.2 Å². The van der Waals surface area contributed by atoms with Crippen molar-refractivity contribution in [2.24, 2.45) is 0 Å². The average Bonchev–Trinajstić information content (AvgIpc) is 3.32. The Morgan fingerprint density at radius 1 is 0.935 bits per heavy atom. The number of benzene rings is 2. The van der Waals surface area contributed by atoms with Crippen LogP contribution in [0.15, 0.2) is 70.1 Å². The van der Waals surface area contributed by atoms with E-state index in [2.05, 4.69) is 27.4 Å². The summed E-state index contributed by atoms with van der Waals surface area (Å²) in [5, 5.41) is 2.83. The fraction of sp³-hybridized carbons (Fsp3) is 0.455. The normalized spacial score (nSPS) is 18.0. The number of carbonyl (C=O) groups excluding carboxylic acids is 1. The van der Waals surface area contributed by atoms with E-state index in [1.807, 2.05) is 52.8 Å². The summed E-state index contributed by atoms with van der Waals surface area (Å²) in [6, 6.07) is 9.33. The lowest BCUT2D eigenvalue weighted by Crippen LogP contribution is -2.28. The quantitative estimate of drug-likeness (QED) is 0.0945. The average molecular weight is 691 g/mol. The molecular weight excluding hydrogens is 647 g/mol. The van der Waals surface area contributed by atoms with Crippen LogP contribution < -0.4 is 10.2 Å². The van der Waals surface area contributed by atoms with Crippen molar-refractivity contribution in [2.45, 2.75) is 80.9 Å². The van der Waals surface area contributed by atoms with E-state index in [1.54, 1.807) is 12.1 Å². The molecule has 3 N–H and O–H groups in total. The summed E-state index contributed by atoms with van der Waals surface area (Å²) in [6.45, 7) is 11.9. The summed E-state index contributed by atoms with van der Waals surface area (Å²) in [5.74, 6) is 0.600. The van der Waals surface area contributed by atoms with Gasteiger partial charge < -0.3 is 10.2 Å². The minimum absolute atomic E-state index is 0.00925. The molecule has 4 rings (SSSR count). The lowest BCUT2D eigenvalue weighted by molar-refractivity contribution is -0.438. The van der Waals surface area contributed by atoms with Gasteiger partial charge in [0.05, 0.1) is 15.2 Å². The number of rotatable bonds is 13. The number of thiol groups is 1.